The maximum Gasteiger partial charge on any atom is 0.416 e. The quantitative estimate of drug-likeness (QED) is 0.336. The van der Waals surface area contributed by atoms with Gasteiger partial charge in [0.1, 0.15) is 17.4 Å². The third kappa shape index (κ3) is 6.26. The highest BCUT2D eigenvalue weighted by molar-refractivity contribution is 6.09. The molecule has 0 aromatic heterocycles. The molecule has 0 bridgehead atoms. The van der Waals surface area contributed by atoms with E-state index in [1.165, 1.54) is 29.3 Å². The molecule has 0 radical (unpaired) electrons. The molecule has 0 aliphatic rings. The van der Waals surface area contributed by atoms with Gasteiger partial charge in [0.2, 0.25) is 0 Å². The van der Waals surface area contributed by atoms with E-state index in [0.29, 0.717) is 17.7 Å². The van der Waals surface area contributed by atoms with Gasteiger partial charge in [-0.3, -0.25) is 4.79 Å². The average Bonchev–Trinajstić information content (AvgIpc) is 2.77. The van der Waals surface area contributed by atoms with Crippen LogP contribution in [0.2, 0.25) is 0 Å². The van der Waals surface area contributed by atoms with Crippen LogP contribution in [0.4, 0.5) is 18.9 Å². The summed E-state index contributed by atoms with van der Waals surface area (Å²) in [5.74, 6) is -0.205. The molecular weight excluding hydrogens is 441 g/mol. The molecule has 0 aliphatic carbocycles. The number of hydrogen-bond donors (Lipinski definition) is 1. The first kappa shape index (κ1) is 24.6. The molecule has 0 aliphatic heterocycles. The number of alkyl halides is 3. The number of aryl methyl sites for hydroxylation is 2. The topological polar surface area (TPSA) is 62.1 Å². The Kier molecular flexibility index (Phi) is 7.42. The molecule has 0 saturated heterocycles. The van der Waals surface area contributed by atoms with Gasteiger partial charge in [0, 0.05) is 12.1 Å². The summed E-state index contributed by atoms with van der Waals surface area (Å²) in [5.41, 5.74) is 3.77. The number of halogens is 3. The highest BCUT2D eigenvalue weighted by atomic mass is 19.4. The average molecular weight is 464 g/mol. The zero-order valence-electron chi connectivity index (χ0n) is 19.0. The highest BCUT2D eigenvalue weighted by Gasteiger charge is 2.30. The number of nitriles is 1. The zero-order valence-corrected chi connectivity index (χ0v) is 19.0. The van der Waals surface area contributed by atoms with E-state index in [1.807, 2.05) is 19.9 Å². The third-order valence-electron chi connectivity index (χ3n) is 5.11. The Morgan fingerprint density at radius 2 is 1.76 bits per heavy atom. The summed E-state index contributed by atoms with van der Waals surface area (Å²) < 4.78 is 44.2. The van der Waals surface area contributed by atoms with Crippen molar-refractivity contribution in [3.63, 3.8) is 0 Å². The Labute approximate surface area is 196 Å². The molecule has 34 heavy (non-hydrogen) atoms. The molecule has 0 saturated carbocycles. The van der Waals surface area contributed by atoms with Crippen LogP contribution >= 0.6 is 0 Å². The molecule has 0 spiro atoms. The fraction of sp³-hybridized carbons (Fsp3) is 0.185. The van der Waals surface area contributed by atoms with Crippen molar-refractivity contribution < 1.29 is 22.7 Å². The summed E-state index contributed by atoms with van der Waals surface area (Å²) in [6.45, 7) is 4.07. The molecule has 7 heteroatoms. The van der Waals surface area contributed by atoms with Crippen LogP contribution in [-0.4, -0.2) is 13.0 Å². The van der Waals surface area contributed by atoms with Gasteiger partial charge in [-0.25, -0.2) is 0 Å². The van der Waals surface area contributed by atoms with Crippen LogP contribution in [0, 0.1) is 25.2 Å². The van der Waals surface area contributed by atoms with Crippen LogP contribution in [-0.2, 0) is 17.4 Å². The van der Waals surface area contributed by atoms with E-state index in [9.17, 15) is 23.2 Å². The van der Waals surface area contributed by atoms with Gasteiger partial charge >= 0.3 is 6.18 Å². The maximum atomic E-state index is 12.9. The van der Waals surface area contributed by atoms with Gasteiger partial charge in [-0.2, -0.15) is 18.4 Å². The fourth-order valence-corrected chi connectivity index (χ4v) is 3.67. The standard InChI is InChI=1S/C27H23F3N2O2/c1-17-9-18(2)11-20(10-17)13-21-8-7-19(14-25(21)34-3)12-22(16-31)26(33)32-24-6-4-5-23(15-24)27(28,29)30/h4-12,14-15H,13H2,1-3H3,(H,32,33)/b22-12+. The Morgan fingerprint density at radius 1 is 1.06 bits per heavy atom. The van der Waals surface area contributed by atoms with Crippen LogP contribution in [0.1, 0.15) is 33.4 Å². The van der Waals surface area contributed by atoms with Crippen LogP contribution in [0.5, 0.6) is 5.75 Å². The van der Waals surface area contributed by atoms with Crippen molar-refractivity contribution in [1.29, 1.82) is 5.26 Å². The molecule has 1 amide bonds. The predicted molar refractivity (Wildman–Crippen MR) is 125 cm³/mol. The Morgan fingerprint density at radius 3 is 2.38 bits per heavy atom. The van der Waals surface area contributed by atoms with Gasteiger partial charge in [-0.1, -0.05) is 47.5 Å². The smallest absolute Gasteiger partial charge is 0.416 e. The van der Waals surface area contributed by atoms with Gasteiger partial charge in [0.25, 0.3) is 5.91 Å². The van der Waals surface area contributed by atoms with Crippen molar-refractivity contribution in [3.05, 3.63) is 99.6 Å². The number of amides is 1. The van der Waals surface area contributed by atoms with E-state index in [-0.39, 0.29) is 11.3 Å². The fourth-order valence-electron chi connectivity index (χ4n) is 3.67. The Balaban J connectivity index is 1.83. The van der Waals surface area contributed by atoms with Crippen LogP contribution in [0.3, 0.4) is 0 Å². The van der Waals surface area contributed by atoms with E-state index in [2.05, 4.69) is 23.5 Å². The summed E-state index contributed by atoms with van der Waals surface area (Å²) in [7, 11) is 1.54. The van der Waals surface area contributed by atoms with Gasteiger partial charge in [0.15, 0.2) is 0 Å². The second kappa shape index (κ2) is 10.3. The molecule has 0 atom stereocenters. The normalized spacial score (nSPS) is 11.6. The molecule has 0 fully saturated rings. The van der Waals surface area contributed by atoms with Crippen molar-refractivity contribution in [3.8, 4) is 11.8 Å². The molecule has 0 heterocycles. The molecule has 174 valence electrons. The van der Waals surface area contributed by atoms with Gasteiger partial charge in [-0.05, 0) is 60.9 Å². The Bertz CT molecular complexity index is 1270. The van der Waals surface area contributed by atoms with E-state index in [1.54, 1.807) is 25.3 Å². The lowest BCUT2D eigenvalue weighted by Gasteiger charge is -2.11. The highest BCUT2D eigenvalue weighted by Crippen LogP contribution is 2.31. The number of carbonyl (C=O) groups is 1. The SMILES string of the molecule is COc1cc(/C=C(\C#N)C(=O)Nc2cccc(C(F)(F)F)c2)ccc1Cc1cc(C)cc(C)c1. The van der Waals surface area contributed by atoms with Gasteiger partial charge < -0.3 is 10.1 Å². The molecule has 1 N–H and O–H groups in total. The van der Waals surface area contributed by atoms with E-state index < -0.39 is 17.6 Å². The van der Waals surface area contributed by atoms with Crippen molar-refractivity contribution in [2.24, 2.45) is 0 Å². The second-order valence-electron chi connectivity index (χ2n) is 7.95. The maximum absolute atomic E-state index is 12.9. The zero-order chi connectivity index (χ0) is 24.9. The number of anilines is 1. The Hall–Kier alpha value is -4.05. The van der Waals surface area contributed by atoms with Crippen molar-refractivity contribution >= 4 is 17.7 Å². The second-order valence-corrected chi connectivity index (χ2v) is 7.95. The summed E-state index contributed by atoms with van der Waals surface area (Å²) in [4.78, 5) is 12.5. The number of nitrogens with one attached hydrogen (secondary N) is 1. The first-order chi connectivity index (χ1) is 16.1. The van der Waals surface area contributed by atoms with E-state index >= 15 is 0 Å². The van der Waals surface area contributed by atoms with Crippen LogP contribution in [0.25, 0.3) is 6.08 Å². The number of nitrogens with zero attached hydrogens (tertiary/aromatic N) is 1. The molecule has 3 aromatic carbocycles. The molecular formula is C27H23F3N2O2. The van der Waals surface area contributed by atoms with Crippen molar-refractivity contribution in [2.75, 3.05) is 12.4 Å². The van der Waals surface area contributed by atoms with Gasteiger partial charge in [-0.15, -0.1) is 0 Å². The number of benzene rings is 3. The van der Waals surface area contributed by atoms with Crippen LogP contribution in [0.15, 0.2) is 66.2 Å². The number of hydrogen-bond acceptors (Lipinski definition) is 3. The molecule has 3 aromatic rings. The molecule has 4 nitrogen and oxygen atoms in total. The summed E-state index contributed by atoms with van der Waals surface area (Å²) in [6.07, 6.45) is -2.52. The number of ether oxygens (including phenoxy) is 1. The van der Waals surface area contributed by atoms with Crippen molar-refractivity contribution in [2.45, 2.75) is 26.4 Å². The molecule has 3 rings (SSSR count). The van der Waals surface area contributed by atoms with Crippen molar-refractivity contribution in [1.82, 2.24) is 0 Å². The third-order valence-corrected chi connectivity index (χ3v) is 5.11. The van der Waals surface area contributed by atoms with E-state index in [4.69, 9.17) is 4.74 Å². The lowest BCUT2D eigenvalue weighted by molar-refractivity contribution is -0.137. The summed E-state index contributed by atoms with van der Waals surface area (Å²) in [6, 6.07) is 17.7. The van der Waals surface area contributed by atoms with E-state index in [0.717, 1.165) is 23.3 Å². The number of methoxy groups -OCH3 is 1. The summed E-state index contributed by atoms with van der Waals surface area (Å²) >= 11 is 0. The lowest BCUT2D eigenvalue weighted by atomic mass is 9.98. The van der Waals surface area contributed by atoms with Crippen LogP contribution < -0.4 is 10.1 Å². The first-order valence-corrected chi connectivity index (χ1v) is 10.4. The number of carbonyl (C=O) groups excluding carboxylic acids is 1. The minimum atomic E-state index is -4.54. The first-order valence-electron chi connectivity index (χ1n) is 10.4. The largest absolute Gasteiger partial charge is 0.496 e. The number of rotatable bonds is 6. The predicted octanol–water partition coefficient (Wildman–Crippen LogP) is 6.47. The summed E-state index contributed by atoms with van der Waals surface area (Å²) in [5, 5.41) is 11.8. The minimum Gasteiger partial charge on any atom is -0.496 e. The lowest BCUT2D eigenvalue weighted by Crippen LogP contribution is -2.14. The van der Waals surface area contributed by atoms with Gasteiger partial charge in [0.05, 0.1) is 12.7 Å². The minimum absolute atomic E-state index is 0.0534. The monoisotopic (exact) mass is 464 g/mol. The molecule has 0 unspecified atom stereocenters.